The van der Waals surface area contributed by atoms with Gasteiger partial charge in [0.25, 0.3) is 0 Å². The highest BCUT2D eigenvalue weighted by Crippen LogP contribution is 2.32. The van der Waals surface area contributed by atoms with Crippen LogP contribution in [0.1, 0.15) is 18.5 Å². The smallest absolute Gasteiger partial charge is 0.338 e. The number of carbonyl (C=O) groups excluding carboxylic acids is 2. The van der Waals surface area contributed by atoms with Crippen molar-refractivity contribution in [2.24, 2.45) is 0 Å². The van der Waals surface area contributed by atoms with Crippen molar-refractivity contribution in [2.75, 3.05) is 27.4 Å². The second kappa shape index (κ2) is 9.54. The Bertz CT molecular complexity index is 958. The molecule has 0 radical (unpaired) electrons. The second-order valence-electron chi connectivity index (χ2n) is 6.54. The lowest BCUT2D eigenvalue weighted by Gasteiger charge is -2.34. The second-order valence-corrected chi connectivity index (χ2v) is 6.98. The summed E-state index contributed by atoms with van der Waals surface area (Å²) in [6.45, 7) is 1.93. The molecule has 0 saturated carbocycles. The highest BCUT2D eigenvalue weighted by molar-refractivity contribution is 6.30. The van der Waals surface area contributed by atoms with E-state index in [0.717, 1.165) is 0 Å². The number of carbonyl (C=O) groups is 2. The van der Waals surface area contributed by atoms with Crippen LogP contribution in [0.3, 0.4) is 0 Å². The average Bonchev–Trinajstić information content (AvgIpc) is 2.74. The maximum atomic E-state index is 12.9. The minimum absolute atomic E-state index is 0.00145. The minimum atomic E-state index is -0.707. The Balaban J connectivity index is 1.99. The predicted molar refractivity (Wildman–Crippen MR) is 113 cm³/mol. The van der Waals surface area contributed by atoms with Crippen molar-refractivity contribution in [1.29, 1.82) is 0 Å². The maximum Gasteiger partial charge on any atom is 0.338 e. The number of amides is 2. The Hall–Kier alpha value is -3.19. The fraction of sp³-hybridized carbons (Fsp3) is 0.273. The molecule has 2 amide bonds. The first kappa shape index (κ1) is 21.5. The number of nitrogens with one attached hydrogen (secondary N) is 1. The van der Waals surface area contributed by atoms with Gasteiger partial charge in [-0.3, -0.25) is 4.90 Å². The summed E-state index contributed by atoms with van der Waals surface area (Å²) in [5, 5.41) is 3.34. The molecule has 0 aromatic heterocycles. The monoisotopic (exact) mass is 430 g/mol. The first-order valence-electron chi connectivity index (χ1n) is 9.41. The summed E-state index contributed by atoms with van der Waals surface area (Å²) in [6, 6.07) is 13.0. The van der Waals surface area contributed by atoms with Gasteiger partial charge in [0, 0.05) is 12.1 Å². The van der Waals surface area contributed by atoms with Gasteiger partial charge in [-0.15, -0.1) is 0 Å². The molecule has 1 N–H and O–H groups in total. The van der Waals surface area contributed by atoms with E-state index in [2.05, 4.69) is 5.32 Å². The van der Waals surface area contributed by atoms with Gasteiger partial charge in [-0.25, -0.2) is 9.59 Å². The Morgan fingerprint density at radius 1 is 1.17 bits per heavy atom. The quantitative estimate of drug-likeness (QED) is 0.673. The van der Waals surface area contributed by atoms with Crippen LogP contribution in [0.2, 0.25) is 5.02 Å². The van der Waals surface area contributed by atoms with Crippen molar-refractivity contribution in [3.05, 3.63) is 70.4 Å². The van der Waals surface area contributed by atoms with E-state index in [9.17, 15) is 9.59 Å². The number of benzene rings is 2. The Labute approximate surface area is 180 Å². The van der Waals surface area contributed by atoms with Gasteiger partial charge in [0.2, 0.25) is 0 Å². The molecule has 2 aromatic rings. The van der Waals surface area contributed by atoms with Crippen molar-refractivity contribution >= 4 is 23.6 Å². The SMILES string of the molecule is CCOC(=O)C1=C(COc2ccc(OC)cc2)N(C)C(=O)NC1c1cccc(Cl)c1. The van der Waals surface area contributed by atoms with Crippen molar-refractivity contribution in [3.63, 3.8) is 0 Å². The van der Waals surface area contributed by atoms with Gasteiger partial charge >= 0.3 is 12.0 Å². The number of ether oxygens (including phenoxy) is 3. The normalized spacial score (nSPS) is 16.2. The van der Waals surface area contributed by atoms with Crippen molar-refractivity contribution in [2.45, 2.75) is 13.0 Å². The molecule has 1 aliphatic rings. The Kier molecular flexibility index (Phi) is 6.84. The summed E-state index contributed by atoms with van der Waals surface area (Å²) < 4.78 is 16.3. The molecule has 1 unspecified atom stereocenters. The van der Waals surface area contributed by atoms with Crippen LogP contribution in [0.5, 0.6) is 11.5 Å². The third-order valence-corrected chi connectivity index (χ3v) is 4.92. The molecule has 1 atom stereocenters. The van der Waals surface area contributed by atoms with Crippen LogP contribution in [0.4, 0.5) is 4.79 Å². The molecule has 8 heteroatoms. The highest BCUT2D eigenvalue weighted by Gasteiger charge is 2.37. The number of halogens is 1. The molecule has 158 valence electrons. The number of urea groups is 1. The summed E-state index contributed by atoms with van der Waals surface area (Å²) in [5.41, 5.74) is 1.39. The summed E-state index contributed by atoms with van der Waals surface area (Å²) in [5.74, 6) is 0.747. The zero-order chi connectivity index (χ0) is 21.7. The number of hydrogen-bond acceptors (Lipinski definition) is 5. The van der Waals surface area contributed by atoms with Gasteiger partial charge < -0.3 is 19.5 Å². The maximum absolute atomic E-state index is 12.9. The van der Waals surface area contributed by atoms with Gasteiger partial charge in [-0.2, -0.15) is 0 Å². The number of esters is 1. The highest BCUT2D eigenvalue weighted by atomic mass is 35.5. The largest absolute Gasteiger partial charge is 0.497 e. The fourth-order valence-electron chi connectivity index (χ4n) is 3.14. The molecule has 0 bridgehead atoms. The minimum Gasteiger partial charge on any atom is -0.497 e. The number of likely N-dealkylation sites (N-methyl/N-ethyl adjacent to an activating group) is 1. The van der Waals surface area contributed by atoms with Crippen LogP contribution in [0, 0.1) is 0 Å². The molecule has 30 heavy (non-hydrogen) atoms. The Morgan fingerprint density at radius 3 is 2.50 bits per heavy atom. The van der Waals surface area contributed by atoms with E-state index < -0.39 is 12.0 Å². The molecule has 2 aromatic carbocycles. The first-order valence-corrected chi connectivity index (χ1v) is 9.79. The van der Waals surface area contributed by atoms with Crippen LogP contribution in [0.25, 0.3) is 0 Å². The van der Waals surface area contributed by atoms with Gasteiger partial charge in [0.05, 0.1) is 31.0 Å². The molecule has 0 saturated heterocycles. The van der Waals surface area contributed by atoms with E-state index in [-0.39, 0.29) is 19.2 Å². The molecule has 0 aliphatic carbocycles. The summed E-state index contributed by atoms with van der Waals surface area (Å²) >= 11 is 6.13. The topological polar surface area (TPSA) is 77.1 Å². The van der Waals surface area contributed by atoms with Crippen molar-refractivity contribution < 1.29 is 23.8 Å². The van der Waals surface area contributed by atoms with Crippen LogP contribution in [-0.2, 0) is 9.53 Å². The predicted octanol–water partition coefficient (Wildman–Crippen LogP) is 3.94. The lowest BCUT2D eigenvalue weighted by atomic mass is 9.95. The zero-order valence-electron chi connectivity index (χ0n) is 17.0. The standard InChI is InChI=1S/C22H23ClN2O5/c1-4-29-21(26)19-18(13-30-17-10-8-16(28-3)9-11-17)25(2)22(27)24-20(19)14-6-5-7-15(23)12-14/h5-12,20H,4,13H2,1-3H3,(H,24,27). The van der Waals surface area contributed by atoms with E-state index >= 15 is 0 Å². The van der Waals surface area contributed by atoms with Crippen LogP contribution in [0.15, 0.2) is 59.8 Å². The van der Waals surface area contributed by atoms with Crippen molar-refractivity contribution in [3.8, 4) is 11.5 Å². The summed E-state index contributed by atoms with van der Waals surface area (Å²) in [7, 11) is 3.16. The van der Waals surface area contributed by atoms with E-state index in [4.69, 9.17) is 25.8 Å². The molecular formula is C22H23ClN2O5. The number of hydrogen-bond donors (Lipinski definition) is 1. The van der Waals surface area contributed by atoms with E-state index in [0.29, 0.717) is 33.4 Å². The van der Waals surface area contributed by atoms with Crippen molar-refractivity contribution in [1.82, 2.24) is 10.2 Å². The third-order valence-electron chi connectivity index (χ3n) is 4.69. The Morgan fingerprint density at radius 2 is 1.87 bits per heavy atom. The molecule has 7 nitrogen and oxygen atoms in total. The fourth-order valence-corrected chi connectivity index (χ4v) is 3.34. The van der Waals surface area contributed by atoms with E-state index in [1.54, 1.807) is 69.6 Å². The van der Waals surface area contributed by atoms with Gasteiger partial charge in [-0.1, -0.05) is 23.7 Å². The van der Waals surface area contributed by atoms with E-state index in [1.165, 1.54) is 4.90 Å². The lowest BCUT2D eigenvalue weighted by molar-refractivity contribution is -0.139. The van der Waals surface area contributed by atoms with Crippen LogP contribution in [-0.4, -0.2) is 44.3 Å². The van der Waals surface area contributed by atoms with Crippen LogP contribution >= 0.6 is 11.6 Å². The molecule has 0 fully saturated rings. The summed E-state index contributed by atoms with van der Waals surface area (Å²) in [4.78, 5) is 26.8. The molecule has 1 aliphatic heterocycles. The number of methoxy groups -OCH3 is 1. The van der Waals surface area contributed by atoms with Gasteiger partial charge in [-0.05, 0) is 48.9 Å². The molecule has 3 rings (SSSR count). The third kappa shape index (κ3) is 4.68. The molecular weight excluding hydrogens is 408 g/mol. The lowest BCUT2D eigenvalue weighted by Crippen LogP contribution is -2.48. The summed E-state index contributed by atoms with van der Waals surface area (Å²) in [6.07, 6.45) is 0. The molecule has 1 heterocycles. The van der Waals surface area contributed by atoms with Crippen LogP contribution < -0.4 is 14.8 Å². The first-order chi connectivity index (χ1) is 14.4. The zero-order valence-corrected chi connectivity index (χ0v) is 17.7. The van der Waals surface area contributed by atoms with Gasteiger partial charge in [0.15, 0.2) is 0 Å². The average molecular weight is 431 g/mol. The van der Waals surface area contributed by atoms with Gasteiger partial charge in [0.1, 0.15) is 18.1 Å². The molecule has 0 spiro atoms. The number of rotatable bonds is 7. The van der Waals surface area contributed by atoms with E-state index in [1.807, 2.05) is 0 Å². The number of nitrogens with zero attached hydrogens (tertiary/aromatic N) is 1.